The van der Waals surface area contributed by atoms with E-state index < -0.39 is 6.17 Å². The summed E-state index contributed by atoms with van der Waals surface area (Å²) >= 11 is 0. The van der Waals surface area contributed by atoms with Crippen LogP contribution < -0.4 is 5.73 Å². The zero-order valence-corrected chi connectivity index (χ0v) is 8.01. The Bertz CT molecular complexity index is 230. The van der Waals surface area contributed by atoms with E-state index in [0.717, 1.165) is 31.6 Å². The molecule has 74 valence electrons. The molecule has 13 heavy (non-hydrogen) atoms. The SMILES string of the molecule is N[C@@]12C[C@@H]3C[C@@H](C[C@H](F)[C@@H](C3)C1)C2. The number of nitrogens with two attached hydrogens (primary N) is 1. The molecule has 4 aliphatic rings. The van der Waals surface area contributed by atoms with Gasteiger partial charge in [0.25, 0.3) is 0 Å². The fraction of sp³-hybridized carbons (Fsp3) is 1.00. The van der Waals surface area contributed by atoms with Crippen LogP contribution in [0, 0.1) is 17.8 Å². The van der Waals surface area contributed by atoms with Gasteiger partial charge < -0.3 is 5.73 Å². The Morgan fingerprint density at radius 2 is 1.69 bits per heavy atom. The van der Waals surface area contributed by atoms with Gasteiger partial charge in [-0.25, -0.2) is 4.39 Å². The summed E-state index contributed by atoms with van der Waals surface area (Å²) in [6.07, 6.45) is 5.88. The van der Waals surface area contributed by atoms with Gasteiger partial charge in [0.2, 0.25) is 0 Å². The van der Waals surface area contributed by atoms with Crippen molar-refractivity contribution < 1.29 is 4.39 Å². The van der Waals surface area contributed by atoms with Crippen molar-refractivity contribution in [3.8, 4) is 0 Å². The molecule has 2 N–H and O–H groups in total. The van der Waals surface area contributed by atoms with E-state index in [1.807, 2.05) is 0 Å². The van der Waals surface area contributed by atoms with Crippen LogP contribution in [0.25, 0.3) is 0 Å². The normalized spacial score (nSPS) is 59.5. The molecule has 2 heteroatoms. The third-order valence-electron chi connectivity index (χ3n) is 4.43. The van der Waals surface area contributed by atoms with Crippen LogP contribution in [0.1, 0.15) is 38.5 Å². The molecule has 1 nitrogen and oxygen atoms in total. The van der Waals surface area contributed by atoms with Crippen molar-refractivity contribution in [2.45, 2.75) is 50.2 Å². The Morgan fingerprint density at radius 3 is 2.38 bits per heavy atom. The summed E-state index contributed by atoms with van der Waals surface area (Å²) in [5.74, 6) is 1.66. The van der Waals surface area contributed by atoms with Crippen molar-refractivity contribution in [2.75, 3.05) is 0 Å². The average molecular weight is 183 g/mol. The molecular formula is C11H18FN. The Hall–Kier alpha value is -0.110. The summed E-state index contributed by atoms with van der Waals surface area (Å²) in [6, 6.07) is 0. The summed E-state index contributed by atoms with van der Waals surface area (Å²) < 4.78 is 13.7. The molecule has 0 aromatic carbocycles. The van der Waals surface area contributed by atoms with E-state index in [2.05, 4.69) is 0 Å². The van der Waals surface area contributed by atoms with Crippen LogP contribution in [0.2, 0.25) is 0 Å². The van der Waals surface area contributed by atoms with Crippen LogP contribution in [0.3, 0.4) is 0 Å². The van der Waals surface area contributed by atoms with Gasteiger partial charge in [-0.05, 0) is 56.3 Å². The monoisotopic (exact) mass is 183 g/mol. The van der Waals surface area contributed by atoms with E-state index in [0.29, 0.717) is 11.8 Å². The molecule has 5 atom stereocenters. The predicted molar refractivity (Wildman–Crippen MR) is 50.0 cm³/mol. The molecule has 0 spiro atoms. The van der Waals surface area contributed by atoms with Crippen molar-refractivity contribution in [1.82, 2.24) is 0 Å². The molecule has 4 bridgehead atoms. The van der Waals surface area contributed by atoms with Gasteiger partial charge in [-0.1, -0.05) is 0 Å². The number of alkyl halides is 1. The average Bonchev–Trinajstić information content (AvgIpc) is 2.12. The van der Waals surface area contributed by atoms with Crippen molar-refractivity contribution in [1.29, 1.82) is 0 Å². The number of rotatable bonds is 0. The van der Waals surface area contributed by atoms with E-state index in [1.54, 1.807) is 0 Å². The standard InChI is InChI=1S/C11H18FN/c12-10-3-8-1-7-2-9(10)6-11(13,4-7)5-8/h7-10H,1-6,13H2/t7-,8+,9+,10+,11-/m1/s1. The second-order valence-corrected chi connectivity index (χ2v) is 5.69. The molecule has 0 heterocycles. The Labute approximate surface area is 78.9 Å². The molecule has 0 amide bonds. The Kier molecular flexibility index (Phi) is 1.56. The Morgan fingerprint density at radius 1 is 1.00 bits per heavy atom. The largest absolute Gasteiger partial charge is 0.325 e. The third-order valence-corrected chi connectivity index (χ3v) is 4.43. The highest BCUT2D eigenvalue weighted by Crippen LogP contribution is 2.52. The Balaban J connectivity index is 1.95. The number of hydrogen-bond donors (Lipinski definition) is 1. The maximum absolute atomic E-state index is 13.7. The maximum atomic E-state index is 13.7. The molecule has 0 saturated heterocycles. The van der Waals surface area contributed by atoms with Crippen molar-refractivity contribution in [2.24, 2.45) is 23.5 Å². The number of halogens is 1. The molecule has 0 aromatic rings. The van der Waals surface area contributed by atoms with Gasteiger partial charge in [-0.2, -0.15) is 0 Å². The van der Waals surface area contributed by atoms with Gasteiger partial charge in [0, 0.05) is 5.54 Å². The molecule has 4 saturated carbocycles. The van der Waals surface area contributed by atoms with Gasteiger partial charge in [0.1, 0.15) is 6.17 Å². The lowest BCUT2D eigenvalue weighted by molar-refractivity contribution is 0.0902. The summed E-state index contributed by atoms with van der Waals surface area (Å²) in [5.41, 5.74) is 6.34. The summed E-state index contributed by atoms with van der Waals surface area (Å²) in [6.45, 7) is 0. The van der Waals surface area contributed by atoms with Crippen LogP contribution in [0.4, 0.5) is 4.39 Å². The van der Waals surface area contributed by atoms with Crippen molar-refractivity contribution in [3.63, 3.8) is 0 Å². The molecule has 4 aliphatic carbocycles. The molecule has 0 radical (unpaired) electrons. The molecule has 0 aliphatic heterocycles. The zero-order valence-electron chi connectivity index (χ0n) is 8.01. The molecule has 0 unspecified atom stereocenters. The highest BCUT2D eigenvalue weighted by molar-refractivity contribution is 5.04. The fourth-order valence-electron chi connectivity index (χ4n) is 4.22. The smallest absolute Gasteiger partial charge is 0.103 e. The molecule has 4 fully saturated rings. The summed E-state index contributed by atoms with van der Waals surface area (Å²) in [5, 5.41) is 0. The van der Waals surface area contributed by atoms with Gasteiger partial charge >= 0.3 is 0 Å². The predicted octanol–water partition coefficient (Wildman–Crippen LogP) is 2.25. The van der Waals surface area contributed by atoms with E-state index in [1.165, 1.54) is 12.8 Å². The first-order valence-corrected chi connectivity index (χ1v) is 5.58. The van der Waals surface area contributed by atoms with Crippen LogP contribution in [0.5, 0.6) is 0 Å². The third kappa shape index (κ3) is 1.22. The lowest BCUT2D eigenvalue weighted by Crippen LogP contribution is -2.50. The van der Waals surface area contributed by atoms with Crippen LogP contribution >= 0.6 is 0 Å². The van der Waals surface area contributed by atoms with Gasteiger partial charge in [-0.15, -0.1) is 0 Å². The van der Waals surface area contributed by atoms with Crippen LogP contribution in [-0.4, -0.2) is 11.7 Å². The lowest BCUT2D eigenvalue weighted by Gasteiger charge is -2.45. The highest BCUT2D eigenvalue weighted by Gasteiger charge is 2.49. The highest BCUT2D eigenvalue weighted by atomic mass is 19.1. The first-order valence-electron chi connectivity index (χ1n) is 5.58. The fourth-order valence-corrected chi connectivity index (χ4v) is 4.22. The van der Waals surface area contributed by atoms with E-state index in [4.69, 9.17) is 5.73 Å². The van der Waals surface area contributed by atoms with Crippen LogP contribution in [-0.2, 0) is 0 Å². The van der Waals surface area contributed by atoms with Crippen LogP contribution in [0.15, 0.2) is 0 Å². The minimum absolute atomic E-state index is 0.0251. The maximum Gasteiger partial charge on any atom is 0.103 e. The van der Waals surface area contributed by atoms with Gasteiger partial charge in [0.15, 0.2) is 0 Å². The van der Waals surface area contributed by atoms with Gasteiger partial charge in [-0.3, -0.25) is 0 Å². The first-order chi connectivity index (χ1) is 6.15. The van der Waals surface area contributed by atoms with Crippen molar-refractivity contribution in [3.05, 3.63) is 0 Å². The van der Waals surface area contributed by atoms with E-state index >= 15 is 0 Å². The number of hydrogen-bond acceptors (Lipinski definition) is 1. The quantitative estimate of drug-likeness (QED) is 0.612. The molecule has 0 aromatic heterocycles. The lowest BCUT2D eigenvalue weighted by atomic mass is 9.63. The second kappa shape index (κ2) is 2.47. The topological polar surface area (TPSA) is 26.0 Å². The van der Waals surface area contributed by atoms with Crippen molar-refractivity contribution >= 4 is 0 Å². The van der Waals surface area contributed by atoms with E-state index in [9.17, 15) is 4.39 Å². The second-order valence-electron chi connectivity index (χ2n) is 5.69. The zero-order chi connectivity index (χ0) is 9.05. The number of fused-ring (bicyclic) bond motifs is 1. The molecular weight excluding hydrogens is 165 g/mol. The van der Waals surface area contributed by atoms with Gasteiger partial charge in [0.05, 0.1) is 0 Å². The molecule has 4 rings (SSSR count). The van der Waals surface area contributed by atoms with E-state index in [-0.39, 0.29) is 5.54 Å². The summed E-state index contributed by atoms with van der Waals surface area (Å²) in [7, 11) is 0. The minimum Gasteiger partial charge on any atom is -0.325 e. The minimum atomic E-state index is -0.541. The first kappa shape index (κ1) is 8.22. The summed E-state index contributed by atoms with van der Waals surface area (Å²) in [4.78, 5) is 0.